The third-order valence-electron chi connectivity index (χ3n) is 2.96. The van der Waals surface area contributed by atoms with Crippen molar-refractivity contribution in [2.24, 2.45) is 0 Å². The second-order valence-electron chi connectivity index (χ2n) is 4.53. The van der Waals surface area contributed by atoms with Gasteiger partial charge in [0.2, 0.25) is 0 Å². The Morgan fingerprint density at radius 3 is 2.59 bits per heavy atom. The minimum Gasteiger partial charge on any atom is -0.496 e. The number of hydrogen-bond acceptors (Lipinski definition) is 3. The molecule has 96 valence electrons. The first-order valence-electron chi connectivity index (χ1n) is 6.11. The molecule has 0 aromatic heterocycles. The smallest absolute Gasteiger partial charge is 0.123 e. The highest BCUT2D eigenvalue weighted by Crippen LogP contribution is 2.28. The van der Waals surface area contributed by atoms with Crippen LogP contribution in [0.5, 0.6) is 5.75 Å². The highest BCUT2D eigenvalue weighted by atomic mass is 16.5. The Kier molecular flexibility index (Phi) is 5.45. The van der Waals surface area contributed by atoms with Gasteiger partial charge in [0, 0.05) is 12.1 Å². The van der Waals surface area contributed by atoms with E-state index in [1.807, 2.05) is 6.07 Å². The average molecular weight is 236 g/mol. The number of nitrogens with one attached hydrogen (secondary N) is 1. The van der Waals surface area contributed by atoms with E-state index in [9.17, 15) is 0 Å². The Balaban J connectivity index is 3.02. The van der Waals surface area contributed by atoms with E-state index >= 15 is 0 Å². The predicted octanol–water partition coefficient (Wildman–Crippen LogP) is 2.22. The molecule has 0 heterocycles. The van der Waals surface area contributed by atoms with Crippen molar-refractivity contribution >= 4 is 0 Å². The van der Waals surface area contributed by atoms with Gasteiger partial charge in [0.15, 0.2) is 0 Å². The fourth-order valence-electron chi connectivity index (χ4n) is 1.97. The largest absolute Gasteiger partial charge is 0.496 e. The Hall–Kier alpha value is -1.06. The second-order valence-corrected chi connectivity index (χ2v) is 4.53. The molecule has 3 nitrogen and oxygen atoms in total. The van der Waals surface area contributed by atoms with Gasteiger partial charge in [-0.1, -0.05) is 24.6 Å². The van der Waals surface area contributed by atoms with Crippen molar-refractivity contribution < 1.29 is 4.74 Å². The summed E-state index contributed by atoms with van der Waals surface area (Å²) in [4.78, 5) is 2.22. The van der Waals surface area contributed by atoms with E-state index < -0.39 is 0 Å². The van der Waals surface area contributed by atoms with Crippen molar-refractivity contribution in [3.8, 4) is 5.75 Å². The molecule has 0 radical (unpaired) electrons. The Bertz CT molecular complexity index is 350. The number of benzene rings is 1. The summed E-state index contributed by atoms with van der Waals surface area (Å²) in [6.45, 7) is 6.16. The molecule has 0 saturated carbocycles. The summed E-state index contributed by atoms with van der Waals surface area (Å²) in [6, 6.07) is 6.68. The van der Waals surface area contributed by atoms with Crippen LogP contribution in [0.4, 0.5) is 0 Å². The van der Waals surface area contributed by atoms with Crippen LogP contribution in [0.15, 0.2) is 18.2 Å². The molecule has 1 aromatic rings. The molecule has 0 aliphatic carbocycles. The van der Waals surface area contributed by atoms with Gasteiger partial charge in [0.1, 0.15) is 5.75 Å². The van der Waals surface area contributed by atoms with Crippen LogP contribution in [0.3, 0.4) is 0 Å². The minimum atomic E-state index is 0.338. The molecule has 3 heteroatoms. The summed E-state index contributed by atoms with van der Waals surface area (Å²) in [6.07, 6.45) is 0. The topological polar surface area (TPSA) is 24.5 Å². The third kappa shape index (κ3) is 3.72. The molecule has 0 aliphatic rings. The summed E-state index contributed by atoms with van der Waals surface area (Å²) >= 11 is 0. The van der Waals surface area contributed by atoms with Gasteiger partial charge in [-0.3, -0.25) is 0 Å². The van der Waals surface area contributed by atoms with E-state index in [-0.39, 0.29) is 0 Å². The fraction of sp³-hybridized carbons (Fsp3) is 0.571. The first kappa shape index (κ1) is 14.0. The van der Waals surface area contributed by atoms with Gasteiger partial charge in [-0.25, -0.2) is 0 Å². The number of methoxy groups -OCH3 is 1. The maximum Gasteiger partial charge on any atom is 0.123 e. The van der Waals surface area contributed by atoms with E-state index in [0.717, 1.165) is 18.8 Å². The van der Waals surface area contributed by atoms with Crippen LogP contribution in [0.2, 0.25) is 0 Å². The monoisotopic (exact) mass is 236 g/mol. The molecule has 1 N–H and O–H groups in total. The number of ether oxygens (including phenoxy) is 1. The number of likely N-dealkylation sites (N-methyl/N-ethyl adjacent to an activating group) is 2. The lowest BCUT2D eigenvalue weighted by atomic mass is 10.0. The van der Waals surface area contributed by atoms with Gasteiger partial charge in [-0.15, -0.1) is 0 Å². The van der Waals surface area contributed by atoms with Crippen molar-refractivity contribution in [2.45, 2.75) is 19.9 Å². The molecule has 0 spiro atoms. The average Bonchev–Trinajstić information content (AvgIpc) is 2.29. The number of nitrogens with zero attached hydrogens (tertiary/aromatic N) is 1. The zero-order chi connectivity index (χ0) is 12.8. The molecule has 1 aromatic carbocycles. The van der Waals surface area contributed by atoms with E-state index in [0.29, 0.717) is 6.04 Å². The maximum absolute atomic E-state index is 5.46. The molecule has 0 bridgehead atoms. The van der Waals surface area contributed by atoms with Crippen molar-refractivity contribution in [2.75, 3.05) is 34.3 Å². The Morgan fingerprint density at radius 2 is 2.06 bits per heavy atom. The summed E-state index contributed by atoms with van der Waals surface area (Å²) < 4.78 is 5.46. The first-order valence-corrected chi connectivity index (χ1v) is 6.11. The highest BCUT2D eigenvalue weighted by Gasteiger charge is 2.17. The Morgan fingerprint density at radius 1 is 1.35 bits per heavy atom. The van der Waals surface area contributed by atoms with Gasteiger partial charge in [-0.2, -0.15) is 0 Å². The molecule has 0 aliphatic heterocycles. The van der Waals surface area contributed by atoms with Gasteiger partial charge in [-0.05, 0) is 33.6 Å². The van der Waals surface area contributed by atoms with Crippen LogP contribution in [0.25, 0.3) is 0 Å². The SMILES string of the molecule is CCNCC(c1cc(C)ccc1OC)N(C)C. The van der Waals surface area contributed by atoms with Crippen LogP contribution in [-0.4, -0.2) is 39.2 Å². The number of aryl methyl sites for hydroxylation is 1. The van der Waals surface area contributed by atoms with Crippen molar-refractivity contribution in [3.05, 3.63) is 29.3 Å². The van der Waals surface area contributed by atoms with Crippen LogP contribution in [0.1, 0.15) is 24.1 Å². The van der Waals surface area contributed by atoms with E-state index in [1.165, 1.54) is 11.1 Å². The first-order chi connectivity index (χ1) is 8.10. The van der Waals surface area contributed by atoms with Crippen molar-refractivity contribution in [1.82, 2.24) is 10.2 Å². The molecule has 17 heavy (non-hydrogen) atoms. The van der Waals surface area contributed by atoms with E-state index in [2.05, 4.69) is 50.3 Å². The summed E-state index contributed by atoms with van der Waals surface area (Å²) in [7, 11) is 5.93. The van der Waals surface area contributed by atoms with Crippen LogP contribution in [0, 0.1) is 6.92 Å². The molecule has 1 unspecified atom stereocenters. The Labute approximate surface area is 105 Å². The zero-order valence-corrected chi connectivity index (χ0v) is 11.6. The normalized spacial score (nSPS) is 12.8. The van der Waals surface area contributed by atoms with Gasteiger partial charge in [0.25, 0.3) is 0 Å². The van der Waals surface area contributed by atoms with Crippen LogP contribution < -0.4 is 10.1 Å². The lowest BCUT2D eigenvalue weighted by Gasteiger charge is -2.26. The van der Waals surface area contributed by atoms with Gasteiger partial charge >= 0.3 is 0 Å². The summed E-state index contributed by atoms with van der Waals surface area (Å²) in [5.41, 5.74) is 2.52. The molecule has 0 fully saturated rings. The minimum absolute atomic E-state index is 0.338. The maximum atomic E-state index is 5.46. The standard InChI is InChI=1S/C14H24N2O/c1-6-15-10-13(16(3)4)12-9-11(2)7-8-14(12)17-5/h7-9,13,15H,6,10H2,1-5H3. The van der Waals surface area contributed by atoms with Crippen molar-refractivity contribution in [1.29, 1.82) is 0 Å². The molecule has 1 rings (SSSR count). The lowest BCUT2D eigenvalue weighted by Crippen LogP contribution is -2.31. The highest BCUT2D eigenvalue weighted by molar-refractivity contribution is 5.39. The summed E-state index contributed by atoms with van der Waals surface area (Å²) in [5.74, 6) is 0.965. The van der Waals surface area contributed by atoms with Crippen molar-refractivity contribution in [3.63, 3.8) is 0 Å². The quantitative estimate of drug-likeness (QED) is 0.819. The molecular weight excluding hydrogens is 212 g/mol. The molecular formula is C14H24N2O. The van der Waals surface area contributed by atoms with Crippen LogP contribution in [-0.2, 0) is 0 Å². The molecule has 0 amide bonds. The predicted molar refractivity (Wildman–Crippen MR) is 72.7 cm³/mol. The van der Waals surface area contributed by atoms with E-state index in [1.54, 1.807) is 7.11 Å². The van der Waals surface area contributed by atoms with Crippen LogP contribution >= 0.6 is 0 Å². The number of hydrogen-bond donors (Lipinski definition) is 1. The molecule has 0 saturated heterocycles. The van der Waals surface area contributed by atoms with E-state index in [4.69, 9.17) is 4.74 Å². The van der Waals surface area contributed by atoms with Gasteiger partial charge in [0.05, 0.1) is 13.2 Å². The number of rotatable bonds is 6. The zero-order valence-electron chi connectivity index (χ0n) is 11.6. The third-order valence-corrected chi connectivity index (χ3v) is 2.96. The second kappa shape index (κ2) is 6.62. The summed E-state index contributed by atoms with van der Waals surface area (Å²) in [5, 5.41) is 3.40. The lowest BCUT2D eigenvalue weighted by molar-refractivity contribution is 0.280. The fourth-order valence-corrected chi connectivity index (χ4v) is 1.97. The van der Waals surface area contributed by atoms with Gasteiger partial charge < -0.3 is 15.0 Å². The molecule has 1 atom stereocenters.